The molecule has 0 saturated heterocycles. The summed E-state index contributed by atoms with van der Waals surface area (Å²) >= 11 is 9.43. The number of benzene rings is 1. The molecule has 0 bridgehead atoms. The summed E-state index contributed by atoms with van der Waals surface area (Å²) in [4.78, 5) is 4.03. The zero-order chi connectivity index (χ0) is 14.7. The predicted octanol–water partition coefficient (Wildman–Crippen LogP) is 3.62. The van der Waals surface area contributed by atoms with Gasteiger partial charge in [-0.15, -0.1) is 0 Å². The monoisotopic (exact) mass is 356 g/mol. The fourth-order valence-electron chi connectivity index (χ4n) is 1.84. The van der Waals surface area contributed by atoms with Gasteiger partial charge in [-0.25, -0.2) is 0 Å². The van der Waals surface area contributed by atoms with Crippen molar-refractivity contribution in [2.75, 3.05) is 5.32 Å². The van der Waals surface area contributed by atoms with Gasteiger partial charge in [0.2, 0.25) is 0 Å². The summed E-state index contributed by atoms with van der Waals surface area (Å²) < 4.78 is 0.762. The molecular weight excluding hydrogens is 344 g/mol. The second-order valence-corrected chi connectivity index (χ2v) is 5.51. The fraction of sp³-hybridized carbons (Fsp3) is 0.214. The molecule has 0 aliphatic heterocycles. The standard InChI is InChI=1S/C14H14BrClN2O2/c1-8-14(20)10(9(7-19)5-17-8)6-18-12-4-2-3-11(16)13(12)15/h2-5,18-20H,6-7H2,1H3. The molecule has 0 spiro atoms. The Labute approximate surface area is 130 Å². The number of aliphatic hydroxyl groups is 1. The van der Waals surface area contributed by atoms with Crippen molar-refractivity contribution in [3.63, 3.8) is 0 Å². The summed E-state index contributed by atoms with van der Waals surface area (Å²) in [7, 11) is 0. The molecule has 6 heteroatoms. The van der Waals surface area contributed by atoms with Crippen LogP contribution in [-0.2, 0) is 13.2 Å². The van der Waals surface area contributed by atoms with E-state index >= 15 is 0 Å². The zero-order valence-corrected chi connectivity index (χ0v) is 13.2. The lowest BCUT2D eigenvalue weighted by molar-refractivity contribution is 0.279. The number of aliphatic hydroxyl groups excluding tert-OH is 1. The van der Waals surface area contributed by atoms with E-state index in [1.807, 2.05) is 12.1 Å². The van der Waals surface area contributed by atoms with Gasteiger partial charge in [0.05, 0.1) is 27.5 Å². The van der Waals surface area contributed by atoms with Crippen LogP contribution in [0.25, 0.3) is 0 Å². The molecule has 1 aromatic heterocycles. The molecule has 20 heavy (non-hydrogen) atoms. The minimum atomic E-state index is -0.172. The van der Waals surface area contributed by atoms with E-state index in [1.165, 1.54) is 0 Å². The smallest absolute Gasteiger partial charge is 0.142 e. The van der Waals surface area contributed by atoms with Crippen molar-refractivity contribution in [1.29, 1.82) is 0 Å². The maximum atomic E-state index is 10.1. The maximum Gasteiger partial charge on any atom is 0.142 e. The fourth-order valence-corrected chi connectivity index (χ4v) is 2.42. The SMILES string of the molecule is Cc1ncc(CO)c(CNc2cccc(Cl)c2Br)c1O. The summed E-state index contributed by atoms with van der Waals surface area (Å²) in [5.74, 6) is 0.0993. The number of hydrogen-bond acceptors (Lipinski definition) is 4. The second kappa shape index (κ2) is 6.43. The maximum absolute atomic E-state index is 10.1. The average Bonchev–Trinajstić information content (AvgIpc) is 2.44. The summed E-state index contributed by atoms with van der Waals surface area (Å²) in [5, 5.41) is 23.2. The highest BCUT2D eigenvalue weighted by Gasteiger charge is 2.12. The van der Waals surface area contributed by atoms with Gasteiger partial charge >= 0.3 is 0 Å². The van der Waals surface area contributed by atoms with E-state index in [-0.39, 0.29) is 12.4 Å². The van der Waals surface area contributed by atoms with Gasteiger partial charge in [0.1, 0.15) is 5.75 Å². The van der Waals surface area contributed by atoms with Crippen LogP contribution in [0, 0.1) is 6.92 Å². The topological polar surface area (TPSA) is 65.4 Å². The Hall–Kier alpha value is -1.30. The highest BCUT2D eigenvalue weighted by atomic mass is 79.9. The molecule has 1 heterocycles. The Bertz CT molecular complexity index is 635. The van der Waals surface area contributed by atoms with Crippen molar-refractivity contribution >= 4 is 33.2 Å². The first kappa shape index (κ1) is 15.1. The van der Waals surface area contributed by atoms with Crippen LogP contribution >= 0.6 is 27.5 Å². The van der Waals surface area contributed by atoms with E-state index in [1.54, 1.807) is 19.2 Å². The van der Waals surface area contributed by atoms with Crippen LogP contribution < -0.4 is 5.32 Å². The van der Waals surface area contributed by atoms with E-state index in [4.69, 9.17) is 11.6 Å². The number of rotatable bonds is 4. The van der Waals surface area contributed by atoms with Crippen molar-refractivity contribution < 1.29 is 10.2 Å². The first-order valence-electron chi connectivity index (χ1n) is 5.99. The Morgan fingerprint density at radius 1 is 1.40 bits per heavy atom. The molecule has 2 rings (SSSR count). The third-order valence-electron chi connectivity index (χ3n) is 3.01. The molecule has 0 atom stereocenters. The molecule has 1 aromatic carbocycles. The number of nitrogens with one attached hydrogen (secondary N) is 1. The van der Waals surface area contributed by atoms with E-state index in [0.717, 1.165) is 10.2 Å². The van der Waals surface area contributed by atoms with Crippen LogP contribution in [-0.4, -0.2) is 15.2 Å². The summed E-state index contributed by atoms with van der Waals surface area (Å²) in [6, 6.07) is 5.49. The molecule has 0 radical (unpaired) electrons. The lowest BCUT2D eigenvalue weighted by Crippen LogP contribution is -2.06. The normalized spacial score (nSPS) is 10.6. The molecule has 3 N–H and O–H groups in total. The molecule has 0 saturated carbocycles. The molecule has 0 amide bonds. The van der Waals surface area contributed by atoms with Crippen molar-refractivity contribution in [2.24, 2.45) is 0 Å². The van der Waals surface area contributed by atoms with Gasteiger partial charge in [0.25, 0.3) is 0 Å². The zero-order valence-electron chi connectivity index (χ0n) is 10.8. The van der Waals surface area contributed by atoms with Crippen LogP contribution in [0.1, 0.15) is 16.8 Å². The molecular formula is C14H14BrClN2O2. The molecule has 2 aromatic rings. The van der Waals surface area contributed by atoms with Crippen LogP contribution in [0.3, 0.4) is 0 Å². The molecule has 0 fully saturated rings. The Kier molecular flexibility index (Phi) is 4.86. The van der Waals surface area contributed by atoms with Gasteiger partial charge in [-0.2, -0.15) is 0 Å². The molecule has 106 valence electrons. The number of aromatic nitrogens is 1. The third kappa shape index (κ3) is 3.06. The van der Waals surface area contributed by atoms with Crippen LogP contribution in [0.4, 0.5) is 5.69 Å². The van der Waals surface area contributed by atoms with Gasteiger partial charge < -0.3 is 15.5 Å². The minimum Gasteiger partial charge on any atom is -0.506 e. The van der Waals surface area contributed by atoms with Crippen molar-refractivity contribution in [3.8, 4) is 5.75 Å². The van der Waals surface area contributed by atoms with Crippen LogP contribution in [0.5, 0.6) is 5.75 Å². The van der Waals surface area contributed by atoms with Gasteiger partial charge in [-0.3, -0.25) is 4.98 Å². The van der Waals surface area contributed by atoms with Crippen LogP contribution in [0.2, 0.25) is 5.02 Å². The lowest BCUT2D eigenvalue weighted by Gasteiger charge is -2.14. The summed E-state index contributed by atoms with van der Waals surface area (Å²) in [6.45, 7) is 1.91. The summed E-state index contributed by atoms with van der Waals surface area (Å²) in [5.41, 5.74) is 2.57. The van der Waals surface area contributed by atoms with Gasteiger partial charge in [0.15, 0.2) is 0 Å². The first-order valence-corrected chi connectivity index (χ1v) is 7.16. The third-order valence-corrected chi connectivity index (χ3v) is 4.41. The quantitative estimate of drug-likeness (QED) is 0.782. The highest BCUT2D eigenvalue weighted by Crippen LogP contribution is 2.31. The number of pyridine rings is 1. The minimum absolute atomic E-state index is 0.0993. The number of nitrogens with zero attached hydrogens (tertiary/aromatic N) is 1. The number of hydrogen-bond donors (Lipinski definition) is 3. The largest absolute Gasteiger partial charge is 0.506 e. The molecule has 0 aliphatic carbocycles. The van der Waals surface area contributed by atoms with Crippen molar-refractivity contribution in [1.82, 2.24) is 4.98 Å². The highest BCUT2D eigenvalue weighted by molar-refractivity contribution is 9.10. The molecule has 4 nitrogen and oxygen atoms in total. The van der Waals surface area contributed by atoms with Gasteiger partial charge in [0, 0.05) is 23.9 Å². The molecule has 0 unspecified atom stereocenters. The van der Waals surface area contributed by atoms with Crippen molar-refractivity contribution in [2.45, 2.75) is 20.1 Å². The molecule has 0 aliphatic rings. The number of aromatic hydroxyl groups is 1. The lowest BCUT2D eigenvalue weighted by atomic mass is 10.1. The van der Waals surface area contributed by atoms with E-state index in [0.29, 0.717) is 28.4 Å². The van der Waals surface area contributed by atoms with E-state index < -0.39 is 0 Å². The average molecular weight is 358 g/mol. The Morgan fingerprint density at radius 3 is 2.85 bits per heavy atom. The van der Waals surface area contributed by atoms with Gasteiger partial charge in [-0.05, 0) is 35.0 Å². The van der Waals surface area contributed by atoms with Crippen LogP contribution in [0.15, 0.2) is 28.9 Å². The second-order valence-electron chi connectivity index (χ2n) is 4.31. The van der Waals surface area contributed by atoms with Gasteiger partial charge in [-0.1, -0.05) is 17.7 Å². The van der Waals surface area contributed by atoms with E-state index in [9.17, 15) is 10.2 Å². The summed E-state index contributed by atoms with van der Waals surface area (Å²) in [6.07, 6.45) is 1.57. The van der Waals surface area contributed by atoms with Crippen molar-refractivity contribution in [3.05, 3.63) is 50.7 Å². The first-order chi connectivity index (χ1) is 9.54. The Morgan fingerprint density at radius 2 is 2.15 bits per heavy atom. The number of anilines is 1. The number of halogens is 2. The Balaban J connectivity index is 2.27. The van der Waals surface area contributed by atoms with E-state index in [2.05, 4.69) is 26.2 Å². The number of aryl methyl sites for hydroxylation is 1. The predicted molar refractivity (Wildman–Crippen MR) is 83.0 cm³/mol.